The van der Waals surface area contributed by atoms with E-state index in [1.165, 1.54) is 128 Å². The molecule has 0 N–H and O–H groups in total. The molecule has 0 fully saturated rings. The average Bonchev–Trinajstić information content (AvgIpc) is 3.49. The monoisotopic (exact) mass is 1150 g/mol. The average molecular weight is 1150 g/mol. The summed E-state index contributed by atoms with van der Waals surface area (Å²) in [6.45, 7) is 6.38. The van der Waals surface area contributed by atoms with Gasteiger partial charge in [0.25, 0.3) is 0 Å². The van der Waals surface area contributed by atoms with Gasteiger partial charge in [-0.25, -0.2) is 0 Å². The van der Waals surface area contributed by atoms with Crippen molar-refractivity contribution in [1.29, 1.82) is 0 Å². The van der Waals surface area contributed by atoms with E-state index in [9.17, 15) is 14.4 Å². The molecule has 83 heavy (non-hydrogen) atoms. The van der Waals surface area contributed by atoms with E-state index in [2.05, 4.69) is 154 Å². The number of hydrogen-bond donors (Lipinski definition) is 0. The van der Waals surface area contributed by atoms with Crippen molar-refractivity contribution in [1.82, 2.24) is 0 Å². The van der Waals surface area contributed by atoms with Crippen LogP contribution in [0.25, 0.3) is 0 Å². The van der Waals surface area contributed by atoms with Crippen molar-refractivity contribution in [2.75, 3.05) is 13.2 Å². The molecule has 1 atom stereocenters. The summed E-state index contributed by atoms with van der Waals surface area (Å²) < 4.78 is 16.9. The van der Waals surface area contributed by atoms with Crippen LogP contribution in [0.15, 0.2) is 134 Å². The Balaban J connectivity index is 4.31. The Bertz CT molecular complexity index is 1750. The maximum absolute atomic E-state index is 12.9. The van der Waals surface area contributed by atoms with Gasteiger partial charge in [0, 0.05) is 19.3 Å². The number of esters is 3. The van der Waals surface area contributed by atoms with Crippen LogP contribution in [0.3, 0.4) is 0 Å². The Labute approximate surface area is 513 Å². The van der Waals surface area contributed by atoms with Crippen molar-refractivity contribution in [2.45, 2.75) is 322 Å². The van der Waals surface area contributed by atoms with Gasteiger partial charge < -0.3 is 14.2 Å². The Morgan fingerprint density at radius 1 is 0.253 bits per heavy atom. The first-order valence-electron chi connectivity index (χ1n) is 34.7. The number of unbranched alkanes of at least 4 members (excludes halogenated alkanes) is 29. The van der Waals surface area contributed by atoms with Crippen molar-refractivity contribution >= 4 is 17.9 Å². The predicted molar refractivity (Wildman–Crippen MR) is 362 cm³/mol. The molecule has 0 rings (SSSR count). The molecule has 1 unspecified atom stereocenters. The van der Waals surface area contributed by atoms with E-state index in [4.69, 9.17) is 14.2 Å². The molecule has 0 bridgehead atoms. The SMILES string of the molecule is CC/C=C\C/C=C\C/C=C\C/C=C\C/C=C\CCCCCC(=O)OC(COC(=O)CCCCCCC/C=C\C/C=C\C/C=C\CC)COC(=O)CCCCCCCCCCCCCCCCCC/C=C\C/C=C\C/C=C\CCCCCCC. The van der Waals surface area contributed by atoms with Gasteiger partial charge in [0.2, 0.25) is 0 Å². The fourth-order valence-corrected chi connectivity index (χ4v) is 9.49. The summed E-state index contributed by atoms with van der Waals surface area (Å²) in [6, 6.07) is 0. The molecule has 6 nitrogen and oxygen atoms in total. The topological polar surface area (TPSA) is 78.9 Å². The second kappa shape index (κ2) is 70.0. The van der Waals surface area contributed by atoms with E-state index in [0.717, 1.165) is 148 Å². The summed E-state index contributed by atoms with van der Waals surface area (Å²) in [5.74, 6) is -0.944. The smallest absolute Gasteiger partial charge is 0.306 e. The summed E-state index contributed by atoms with van der Waals surface area (Å²) in [7, 11) is 0. The number of allylic oxidation sites excluding steroid dienone is 22. The summed E-state index contributed by atoms with van der Waals surface area (Å²) in [5.41, 5.74) is 0. The van der Waals surface area contributed by atoms with Crippen LogP contribution >= 0.6 is 0 Å². The van der Waals surface area contributed by atoms with E-state index in [1.807, 2.05) is 0 Å². The highest BCUT2D eigenvalue weighted by atomic mass is 16.6. The second-order valence-corrected chi connectivity index (χ2v) is 22.7. The fourth-order valence-electron chi connectivity index (χ4n) is 9.49. The Kier molecular flexibility index (Phi) is 66.3. The summed E-state index contributed by atoms with van der Waals surface area (Å²) in [4.78, 5) is 38.4. The van der Waals surface area contributed by atoms with Gasteiger partial charge >= 0.3 is 17.9 Å². The molecular weight excluding hydrogens is 1020 g/mol. The summed E-state index contributed by atoms with van der Waals surface area (Å²) in [6.07, 6.45) is 99.1. The zero-order valence-electron chi connectivity index (χ0n) is 54.2. The maximum atomic E-state index is 12.9. The van der Waals surface area contributed by atoms with Crippen LogP contribution in [-0.2, 0) is 28.6 Å². The zero-order valence-corrected chi connectivity index (χ0v) is 54.2. The van der Waals surface area contributed by atoms with Crippen LogP contribution in [-0.4, -0.2) is 37.2 Å². The standard InChI is InChI=1S/C77H128O6/c1-4-7-10-13-16-19-22-25-28-30-32-33-34-35-36-37-38-39-40-41-42-43-45-46-49-52-55-58-61-64-67-70-76(79)82-73-74(72-81-75(78)69-66-63-60-57-54-51-48-27-24-21-18-15-12-9-6-3)83-77(80)71-68-65-62-59-56-53-50-47-44-31-29-26-23-20-17-14-11-8-5-2/h8-9,11-12,17-18,20-22,25-27,29-30,32,34-35,44,47-48,53,56,74H,4-7,10,13-16,19,23-24,28,31,33,36-43,45-46,49-52,54-55,57-73H2,1-3H3/b11-8-,12-9-,20-17-,21-18-,25-22-,29-26-,32-30-,35-34-,47-44-,48-27-,56-53-. The zero-order chi connectivity index (χ0) is 59.9. The molecule has 0 spiro atoms. The van der Waals surface area contributed by atoms with E-state index in [0.29, 0.717) is 12.8 Å². The quantitative estimate of drug-likeness (QED) is 0.0261. The molecule has 472 valence electrons. The molecule has 0 aliphatic heterocycles. The van der Waals surface area contributed by atoms with E-state index in [1.54, 1.807) is 0 Å². The Hall–Kier alpha value is -4.45. The van der Waals surface area contributed by atoms with Gasteiger partial charge in [-0.2, -0.15) is 0 Å². The molecule has 0 aliphatic rings. The fraction of sp³-hybridized carbons (Fsp3) is 0.675. The van der Waals surface area contributed by atoms with Crippen molar-refractivity contribution in [3.63, 3.8) is 0 Å². The van der Waals surface area contributed by atoms with Gasteiger partial charge in [0.05, 0.1) is 0 Å². The molecule has 0 aromatic carbocycles. The lowest BCUT2D eigenvalue weighted by Gasteiger charge is -2.18. The minimum absolute atomic E-state index is 0.0994. The minimum atomic E-state index is -0.809. The number of ether oxygens (including phenoxy) is 3. The number of carbonyl (C=O) groups is 3. The van der Waals surface area contributed by atoms with Gasteiger partial charge in [-0.15, -0.1) is 0 Å². The third kappa shape index (κ3) is 68.2. The molecule has 0 saturated carbocycles. The van der Waals surface area contributed by atoms with E-state index < -0.39 is 6.10 Å². The molecule has 0 saturated heterocycles. The Morgan fingerprint density at radius 2 is 0.470 bits per heavy atom. The molecule has 0 heterocycles. The number of carbonyl (C=O) groups excluding carboxylic acids is 3. The predicted octanol–water partition coefficient (Wildman–Crippen LogP) is 24.1. The van der Waals surface area contributed by atoms with Crippen molar-refractivity contribution in [2.24, 2.45) is 0 Å². The molecule has 0 aromatic heterocycles. The second-order valence-electron chi connectivity index (χ2n) is 22.7. The van der Waals surface area contributed by atoms with E-state index >= 15 is 0 Å². The van der Waals surface area contributed by atoms with Crippen LogP contribution < -0.4 is 0 Å². The Morgan fingerprint density at radius 3 is 0.747 bits per heavy atom. The maximum Gasteiger partial charge on any atom is 0.306 e. The van der Waals surface area contributed by atoms with Crippen molar-refractivity contribution in [3.05, 3.63) is 134 Å². The van der Waals surface area contributed by atoms with Gasteiger partial charge in [-0.1, -0.05) is 296 Å². The number of hydrogen-bond acceptors (Lipinski definition) is 6. The van der Waals surface area contributed by atoms with Crippen molar-refractivity contribution < 1.29 is 28.6 Å². The lowest BCUT2D eigenvalue weighted by atomic mass is 10.0. The third-order valence-corrected chi connectivity index (χ3v) is 14.6. The van der Waals surface area contributed by atoms with Gasteiger partial charge in [0.15, 0.2) is 6.10 Å². The highest BCUT2D eigenvalue weighted by Crippen LogP contribution is 2.16. The lowest BCUT2D eigenvalue weighted by molar-refractivity contribution is -0.167. The largest absolute Gasteiger partial charge is 0.462 e. The summed E-state index contributed by atoms with van der Waals surface area (Å²) >= 11 is 0. The first-order chi connectivity index (χ1) is 41.0. The highest BCUT2D eigenvalue weighted by Gasteiger charge is 2.19. The summed E-state index contributed by atoms with van der Waals surface area (Å²) in [5, 5.41) is 0. The number of rotatable bonds is 62. The van der Waals surface area contributed by atoms with Crippen LogP contribution in [0.2, 0.25) is 0 Å². The van der Waals surface area contributed by atoms with E-state index in [-0.39, 0.29) is 37.5 Å². The van der Waals surface area contributed by atoms with Gasteiger partial charge in [0.1, 0.15) is 13.2 Å². The first-order valence-corrected chi connectivity index (χ1v) is 34.7. The third-order valence-electron chi connectivity index (χ3n) is 14.6. The molecule has 0 aromatic rings. The normalized spacial score (nSPS) is 13.0. The molecule has 6 heteroatoms. The molecule has 0 amide bonds. The molecule has 0 radical (unpaired) electrons. The van der Waals surface area contributed by atoms with Crippen LogP contribution in [0, 0.1) is 0 Å². The van der Waals surface area contributed by atoms with Gasteiger partial charge in [-0.05, 0) is 135 Å². The highest BCUT2D eigenvalue weighted by molar-refractivity contribution is 5.71. The van der Waals surface area contributed by atoms with Gasteiger partial charge in [-0.3, -0.25) is 14.4 Å². The van der Waals surface area contributed by atoms with Crippen LogP contribution in [0.5, 0.6) is 0 Å². The van der Waals surface area contributed by atoms with Crippen LogP contribution in [0.4, 0.5) is 0 Å². The lowest BCUT2D eigenvalue weighted by Crippen LogP contribution is -2.30. The van der Waals surface area contributed by atoms with Crippen LogP contribution in [0.1, 0.15) is 316 Å². The molecular formula is C77H128O6. The van der Waals surface area contributed by atoms with Crippen molar-refractivity contribution in [3.8, 4) is 0 Å². The first kappa shape index (κ1) is 78.5. The minimum Gasteiger partial charge on any atom is -0.462 e. The molecule has 0 aliphatic carbocycles.